The van der Waals surface area contributed by atoms with Gasteiger partial charge in [-0.15, -0.1) is 0 Å². The average molecular weight is 378 g/mol. The van der Waals surface area contributed by atoms with Gasteiger partial charge in [-0.3, -0.25) is 9.59 Å². The van der Waals surface area contributed by atoms with E-state index in [2.05, 4.69) is 5.32 Å². The van der Waals surface area contributed by atoms with Crippen LogP contribution in [-0.2, 0) is 9.59 Å². The minimum Gasteiger partial charge on any atom is -0.493 e. The first kappa shape index (κ1) is 20.2. The van der Waals surface area contributed by atoms with Crippen molar-refractivity contribution in [3.8, 4) is 11.5 Å². The van der Waals surface area contributed by atoms with Crippen LogP contribution in [0.3, 0.4) is 0 Å². The number of amides is 2. The molecule has 0 saturated heterocycles. The number of benzene rings is 2. The SMILES string of the molecule is COc1ccc(NC(=O)CCN(C(C)=O)c2c(F)cccc2F)cc1OC. The molecule has 0 fully saturated rings. The fourth-order valence-corrected chi connectivity index (χ4v) is 2.52. The predicted octanol–water partition coefficient (Wildman–Crippen LogP) is 3.36. The van der Waals surface area contributed by atoms with Gasteiger partial charge >= 0.3 is 0 Å². The third-order valence-corrected chi connectivity index (χ3v) is 3.82. The van der Waals surface area contributed by atoms with Gasteiger partial charge in [0.1, 0.15) is 17.3 Å². The number of nitrogens with zero attached hydrogens (tertiary/aromatic N) is 1. The van der Waals surface area contributed by atoms with Crippen LogP contribution < -0.4 is 19.7 Å². The quantitative estimate of drug-likeness (QED) is 0.802. The average Bonchev–Trinajstić information content (AvgIpc) is 2.63. The molecule has 2 aromatic carbocycles. The molecule has 0 atom stereocenters. The van der Waals surface area contributed by atoms with Gasteiger partial charge in [-0.1, -0.05) is 6.07 Å². The van der Waals surface area contributed by atoms with Crippen molar-refractivity contribution in [2.24, 2.45) is 0 Å². The standard InChI is InChI=1S/C19H20F2N2O4/c1-12(24)23(19-14(20)5-4-6-15(19)21)10-9-18(25)22-13-7-8-16(26-2)17(11-13)27-3/h4-8,11H,9-10H2,1-3H3,(H,22,25). The number of methoxy groups -OCH3 is 2. The summed E-state index contributed by atoms with van der Waals surface area (Å²) in [7, 11) is 2.96. The first-order chi connectivity index (χ1) is 12.9. The number of nitrogens with one attached hydrogen (secondary N) is 1. The summed E-state index contributed by atoms with van der Waals surface area (Å²) >= 11 is 0. The van der Waals surface area contributed by atoms with Gasteiger partial charge in [0, 0.05) is 31.6 Å². The Morgan fingerprint density at radius 3 is 2.22 bits per heavy atom. The van der Waals surface area contributed by atoms with E-state index in [9.17, 15) is 18.4 Å². The number of hydrogen-bond acceptors (Lipinski definition) is 4. The fourth-order valence-electron chi connectivity index (χ4n) is 2.52. The third-order valence-electron chi connectivity index (χ3n) is 3.82. The van der Waals surface area contributed by atoms with Crippen molar-refractivity contribution in [1.82, 2.24) is 0 Å². The number of carbonyl (C=O) groups is 2. The van der Waals surface area contributed by atoms with Crippen LogP contribution in [0.15, 0.2) is 36.4 Å². The number of rotatable bonds is 7. The van der Waals surface area contributed by atoms with Crippen molar-refractivity contribution in [2.75, 3.05) is 31.0 Å². The summed E-state index contributed by atoms with van der Waals surface area (Å²) in [6.45, 7) is 1.00. The number of anilines is 2. The molecule has 0 aromatic heterocycles. The Morgan fingerprint density at radius 1 is 1.04 bits per heavy atom. The topological polar surface area (TPSA) is 67.9 Å². The molecule has 0 aliphatic rings. The van der Waals surface area contributed by atoms with Crippen LogP contribution >= 0.6 is 0 Å². The molecule has 2 amide bonds. The summed E-state index contributed by atoms with van der Waals surface area (Å²) in [5.74, 6) is -1.79. The molecule has 8 heteroatoms. The highest BCUT2D eigenvalue weighted by Crippen LogP contribution is 2.30. The second-order valence-corrected chi connectivity index (χ2v) is 5.61. The Bertz CT molecular complexity index is 822. The van der Waals surface area contributed by atoms with Crippen molar-refractivity contribution in [1.29, 1.82) is 0 Å². The zero-order chi connectivity index (χ0) is 20.0. The number of ether oxygens (including phenoxy) is 2. The Hall–Kier alpha value is -3.16. The Morgan fingerprint density at radius 2 is 1.67 bits per heavy atom. The summed E-state index contributed by atoms with van der Waals surface area (Å²) in [4.78, 5) is 24.9. The highest BCUT2D eigenvalue weighted by atomic mass is 19.1. The number of para-hydroxylation sites is 1. The normalized spacial score (nSPS) is 10.3. The highest BCUT2D eigenvalue weighted by molar-refractivity contribution is 5.95. The maximum absolute atomic E-state index is 13.9. The lowest BCUT2D eigenvalue weighted by Gasteiger charge is -2.22. The molecule has 0 heterocycles. The molecule has 0 aliphatic carbocycles. The molecule has 27 heavy (non-hydrogen) atoms. The molecule has 6 nitrogen and oxygen atoms in total. The Kier molecular flexibility index (Phi) is 6.70. The molecule has 144 valence electrons. The minimum absolute atomic E-state index is 0.151. The van der Waals surface area contributed by atoms with Gasteiger partial charge in [-0.2, -0.15) is 0 Å². The van der Waals surface area contributed by atoms with Gasteiger partial charge < -0.3 is 19.7 Å². The Balaban J connectivity index is 2.08. The molecule has 0 aliphatic heterocycles. The van der Waals surface area contributed by atoms with E-state index in [0.717, 1.165) is 17.0 Å². The second-order valence-electron chi connectivity index (χ2n) is 5.61. The Labute approximate surface area is 155 Å². The summed E-state index contributed by atoms with van der Waals surface area (Å²) in [6, 6.07) is 8.14. The van der Waals surface area contributed by atoms with Crippen LogP contribution in [0.1, 0.15) is 13.3 Å². The molecule has 2 aromatic rings. The first-order valence-corrected chi connectivity index (χ1v) is 8.11. The van der Waals surface area contributed by atoms with E-state index in [1.165, 1.54) is 27.2 Å². The maximum atomic E-state index is 13.9. The van der Waals surface area contributed by atoms with Crippen molar-refractivity contribution in [3.63, 3.8) is 0 Å². The van der Waals surface area contributed by atoms with Gasteiger partial charge in [0.15, 0.2) is 11.5 Å². The maximum Gasteiger partial charge on any atom is 0.226 e. The zero-order valence-electron chi connectivity index (χ0n) is 15.2. The van der Waals surface area contributed by atoms with Crippen molar-refractivity contribution >= 4 is 23.2 Å². The molecular formula is C19H20F2N2O4. The predicted molar refractivity (Wildman–Crippen MR) is 97.2 cm³/mol. The molecular weight excluding hydrogens is 358 g/mol. The summed E-state index contributed by atoms with van der Waals surface area (Å²) in [5.41, 5.74) is -0.00647. The molecule has 0 bridgehead atoms. The van der Waals surface area contributed by atoms with Gasteiger partial charge in [0.25, 0.3) is 0 Å². The minimum atomic E-state index is -0.870. The lowest BCUT2D eigenvalue weighted by Crippen LogP contribution is -2.33. The van der Waals surface area contributed by atoms with Crippen LogP contribution in [0.2, 0.25) is 0 Å². The van der Waals surface area contributed by atoms with E-state index in [0.29, 0.717) is 17.2 Å². The van der Waals surface area contributed by atoms with Gasteiger partial charge in [0.2, 0.25) is 11.8 Å². The molecule has 0 radical (unpaired) electrons. The van der Waals surface area contributed by atoms with Crippen molar-refractivity contribution < 1.29 is 27.8 Å². The third kappa shape index (κ3) is 4.93. The van der Waals surface area contributed by atoms with E-state index in [-0.39, 0.29) is 13.0 Å². The zero-order valence-corrected chi connectivity index (χ0v) is 15.2. The van der Waals surface area contributed by atoms with Gasteiger partial charge in [-0.25, -0.2) is 8.78 Å². The molecule has 0 saturated carbocycles. The van der Waals surface area contributed by atoms with Crippen LogP contribution in [-0.4, -0.2) is 32.6 Å². The highest BCUT2D eigenvalue weighted by Gasteiger charge is 2.21. The molecule has 1 N–H and O–H groups in total. The number of halogens is 2. The summed E-state index contributed by atoms with van der Waals surface area (Å²) in [5, 5.41) is 2.64. The van der Waals surface area contributed by atoms with E-state index in [4.69, 9.17) is 9.47 Å². The lowest BCUT2D eigenvalue weighted by atomic mass is 10.2. The van der Waals surface area contributed by atoms with E-state index < -0.39 is 29.1 Å². The van der Waals surface area contributed by atoms with E-state index in [1.54, 1.807) is 18.2 Å². The molecule has 0 spiro atoms. The van der Waals surface area contributed by atoms with E-state index in [1.807, 2.05) is 0 Å². The van der Waals surface area contributed by atoms with Crippen LogP contribution in [0.5, 0.6) is 11.5 Å². The van der Waals surface area contributed by atoms with E-state index >= 15 is 0 Å². The van der Waals surface area contributed by atoms with Crippen molar-refractivity contribution in [3.05, 3.63) is 48.0 Å². The summed E-state index contributed by atoms with van der Waals surface area (Å²) in [6.07, 6.45) is -0.151. The summed E-state index contributed by atoms with van der Waals surface area (Å²) < 4.78 is 38.1. The van der Waals surface area contributed by atoms with Crippen LogP contribution in [0.25, 0.3) is 0 Å². The monoisotopic (exact) mass is 378 g/mol. The van der Waals surface area contributed by atoms with Crippen LogP contribution in [0.4, 0.5) is 20.2 Å². The lowest BCUT2D eigenvalue weighted by molar-refractivity contribution is -0.117. The molecule has 0 unspecified atom stereocenters. The number of hydrogen-bond donors (Lipinski definition) is 1. The van der Waals surface area contributed by atoms with Crippen molar-refractivity contribution in [2.45, 2.75) is 13.3 Å². The number of carbonyl (C=O) groups excluding carboxylic acids is 2. The molecule has 2 rings (SSSR count). The smallest absolute Gasteiger partial charge is 0.226 e. The first-order valence-electron chi connectivity index (χ1n) is 8.11. The largest absolute Gasteiger partial charge is 0.493 e. The van der Waals surface area contributed by atoms with Gasteiger partial charge in [0.05, 0.1) is 14.2 Å². The van der Waals surface area contributed by atoms with Gasteiger partial charge in [-0.05, 0) is 24.3 Å². The van der Waals surface area contributed by atoms with Crippen LogP contribution in [0, 0.1) is 11.6 Å². The fraction of sp³-hybridized carbons (Fsp3) is 0.263. The second kappa shape index (κ2) is 8.98.